The van der Waals surface area contributed by atoms with E-state index in [0.717, 1.165) is 11.3 Å². The molecule has 5 nitrogen and oxygen atoms in total. The molecule has 1 aromatic heterocycles. The van der Waals surface area contributed by atoms with Gasteiger partial charge < -0.3 is 4.74 Å². The van der Waals surface area contributed by atoms with Crippen molar-refractivity contribution in [2.24, 2.45) is 0 Å². The fourth-order valence-corrected chi connectivity index (χ4v) is 1.49. The number of carbonyl (C=O) groups is 1. The highest BCUT2D eigenvalue weighted by atomic mass is 32.1. The van der Waals surface area contributed by atoms with Crippen molar-refractivity contribution in [3.63, 3.8) is 0 Å². The lowest BCUT2D eigenvalue weighted by Crippen LogP contribution is -2.06. The molecular formula is C7H8N3O2S+. The first-order valence-corrected chi connectivity index (χ1v) is 4.50. The molecule has 13 heavy (non-hydrogen) atoms. The monoisotopic (exact) mass is 198 g/mol. The molecule has 0 aliphatic heterocycles. The molecule has 1 rings (SSSR count). The van der Waals surface area contributed by atoms with Gasteiger partial charge in [-0.05, 0) is 30.2 Å². The summed E-state index contributed by atoms with van der Waals surface area (Å²) in [6, 6.07) is 0. The molecule has 0 aromatic carbocycles. The Kier molecular flexibility index (Phi) is 2.93. The minimum Gasteiger partial charge on any atom is -0.460 e. The Hall–Kier alpha value is -1.48. The number of thiazole rings is 1. The van der Waals surface area contributed by atoms with Crippen LogP contribution in [0.5, 0.6) is 0 Å². The summed E-state index contributed by atoms with van der Waals surface area (Å²) in [5, 5.41) is 8.58. The zero-order chi connectivity index (χ0) is 9.84. The number of esters is 1. The minimum atomic E-state index is -0.480. The molecule has 0 bridgehead atoms. The van der Waals surface area contributed by atoms with Gasteiger partial charge in [0.1, 0.15) is 0 Å². The number of hydrogen-bond donors (Lipinski definition) is 0. The van der Waals surface area contributed by atoms with E-state index < -0.39 is 5.97 Å². The van der Waals surface area contributed by atoms with E-state index in [4.69, 9.17) is 10.1 Å². The van der Waals surface area contributed by atoms with E-state index in [1.807, 2.05) is 0 Å². The third-order valence-electron chi connectivity index (χ3n) is 1.34. The van der Waals surface area contributed by atoms with Gasteiger partial charge in [-0.3, -0.25) is 0 Å². The fourth-order valence-electron chi connectivity index (χ4n) is 0.814. The molecule has 0 atom stereocenters. The SMILES string of the molecule is CCOC(=O)c1nc([N+]#N)sc1C. The van der Waals surface area contributed by atoms with Crippen molar-refractivity contribution in [3.05, 3.63) is 15.5 Å². The van der Waals surface area contributed by atoms with Crippen LogP contribution in [0.15, 0.2) is 0 Å². The molecule has 1 aromatic rings. The lowest BCUT2D eigenvalue weighted by Gasteiger charge is -1.93. The van der Waals surface area contributed by atoms with Gasteiger partial charge in [0.05, 0.1) is 16.9 Å². The zero-order valence-corrected chi connectivity index (χ0v) is 8.09. The first-order chi connectivity index (χ1) is 6.19. The average Bonchev–Trinajstić information content (AvgIpc) is 2.47. The van der Waals surface area contributed by atoms with Crippen molar-refractivity contribution >= 4 is 22.4 Å². The van der Waals surface area contributed by atoms with E-state index in [9.17, 15) is 4.79 Å². The summed E-state index contributed by atoms with van der Waals surface area (Å²) in [5.74, 6) is -0.480. The van der Waals surface area contributed by atoms with Crippen LogP contribution in [0.2, 0.25) is 0 Å². The number of hydrogen-bond acceptors (Lipinski definition) is 5. The molecule has 0 fully saturated rings. The summed E-state index contributed by atoms with van der Waals surface area (Å²) < 4.78 is 4.75. The molecule has 0 unspecified atom stereocenters. The molecule has 0 radical (unpaired) electrons. The van der Waals surface area contributed by atoms with Crippen LogP contribution >= 0.6 is 11.3 Å². The number of aryl methyl sites for hydroxylation is 1. The predicted octanol–water partition coefficient (Wildman–Crippen LogP) is 2.11. The third kappa shape index (κ3) is 2.00. The first-order valence-electron chi connectivity index (χ1n) is 3.68. The van der Waals surface area contributed by atoms with Crippen LogP contribution in [-0.2, 0) is 4.74 Å². The highest BCUT2D eigenvalue weighted by molar-refractivity contribution is 7.15. The quantitative estimate of drug-likeness (QED) is 0.539. The Labute approximate surface area is 79.0 Å². The topological polar surface area (TPSA) is 67.3 Å². The van der Waals surface area contributed by atoms with Gasteiger partial charge in [0.2, 0.25) is 0 Å². The van der Waals surface area contributed by atoms with Gasteiger partial charge in [-0.25, -0.2) is 4.79 Å². The first kappa shape index (κ1) is 9.61. The standard InChI is InChI=1S/C7H8N3O2S/c1-3-12-6(11)5-4(2)13-7(9-5)10-8/h3H2,1-2H3/q+1. The molecule has 0 amide bonds. The van der Waals surface area contributed by atoms with Gasteiger partial charge in [0.25, 0.3) is 5.69 Å². The number of nitrogens with zero attached hydrogens (tertiary/aromatic N) is 3. The Morgan fingerprint density at radius 2 is 2.46 bits per heavy atom. The summed E-state index contributed by atoms with van der Waals surface area (Å²) in [4.78, 5) is 18.5. The normalized spacial score (nSPS) is 9.31. The van der Waals surface area contributed by atoms with Crippen molar-refractivity contribution in [1.82, 2.24) is 4.98 Å². The Morgan fingerprint density at radius 3 is 2.92 bits per heavy atom. The van der Waals surface area contributed by atoms with Gasteiger partial charge in [-0.1, -0.05) is 0 Å². The van der Waals surface area contributed by atoms with Gasteiger partial charge in [0, 0.05) is 4.98 Å². The molecule has 0 aliphatic carbocycles. The molecule has 0 spiro atoms. The van der Waals surface area contributed by atoms with Crippen molar-refractivity contribution in [2.75, 3.05) is 6.61 Å². The van der Waals surface area contributed by atoms with Gasteiger partial charge >= 0.3 is 11.1 Å². The van der Waals surface area contributed by atoms with Gasteiger partial charge in [-0.2, -0.15) is 0 Å². The van der Waals surface area contributed by atoms with Crippen LogP contribution in [0.4, 0.5) is 5.13 Å². The van der Waals surface area contributed by atoms with Crippen LogP contribution in [0, 0.1) is 12.3 Å². The summed E-state index contributed by atoms with van der Waals surface area (Å²) in [6.07, 6.45) is 0. The van der Waals surface area contributed by atoms with Crippen LogP contribution < -0.4 is 0 Å². The maximum absolute atomic E-state index is 11.2. The summed E-state index contributed by atoms with van der Waals surface area (Å²) in [5.41, 5.74) is 0.222. The van der Waals surface area contributed by atoms with E-state index >= 15 is 0 Å². The number of rotatable bonds is 2. The second-order valence-electron chi connectivity index (χ2n) is 2.22. The summed E-state index contributed by atoms with van der Waals surface area (Å²) in [6.45, 7) is 3.75. The molecule has 68 valence electrons. The summed E-state index contributed by atoms with van der Waals surface area (Å²) >= 11 is 1.14. The number of aromatic nitrogens is 1. The number of carbonyl (C=O) groups excluding carboxylic acids is 1. The predicted molar refractivity (Wildman–Crippen MR) is 47.6 cm³/mol. The van der Waals surface area contributed by atoms with Crippen LogP contribution in [-0.4, -0.2) is 17.6 Å². The highest BCUT2D eigenvalue weighted by Crippen LogP contribution is 2.24. The molecule has 0 saturated carbocycles. The Balaban J connectivity index is 2.95. The smallest absolute Gasteiger partial charge is 0.460 e. The highest BCUT2D eigenvalue weighted by Gasteiger charge is 2.25. The number of diazo groups is 1. The van der Waals surface area contributed by atoms with Crippen LogP contribution in [0.25, 0.3) is 4.98 Å². The van der Waals surface area contributed by atoms with E-state index in [0.29, 0.717) is 11.5 Å². The van der Waals surface area contributed by atoms with Crippen molar-refractivity contribution in [3.8, 4) is 0 Å². The second-order valence-corrected chi connectivity index (χ2v) is 3.40. The fraction of sp³-hybridized carbons (Fsp3) is 0.429. The lowest BCUT2D eigenvalue weighted by molar-refractivity contribution is 0.0520. The molecule has 0 N–H and O–H groups in total. The van der Waals surface area contributed by atoms with E-state index in [2.05, 4.69) is 9.96 Å². The van der Waals surface area contributed by atoms with E-state index in [1.54, 1.807) is 13.8 Å². The minimum absolute atomic E-state index is 0.167. The molecule has 0 aliphatic rings. The molecule has 0 saturated heterocycles. The third-order valence-corrected chi connectivity index (χ3v) is 2.19. The van der Waals surface area contributed by atoms with Crippen molar-refractivity contribution < 1.29 is 9.53 Å². The van der Waals surface area contributed by atoms with E-state index in [1.165, 1.54) is 0 Å². The molecule has 6 heteroatoms. The Morgan fingerprint density at radius 1 is 1.77 bits per heavy atom. The summed E-state index contributed by atoms with van der Waals surface area (Å²) in [7, 11) is 0. The number of ether oxygens (including phenoxy) is 1. The van der Waals surface area contributed by atoms with Crippen molar-refractivity contribution in [1.29, 1.82) is 5.39 Å². The van der Waals surface area contributed by atoms with E-state index in [-0.39, 0.29) is 10.8 Å². The maximum atomic E-state index is 11.2. The van der Waals surface area contributed by atoms with Crippen molar-refractivity contribution in [2.45, 2.75) is 13.8 Å². The Bertz CT molecular complexity index is 366. The van der Waals surface area contributed by atoms with Crippen LogP contribution in [0.3, 0.4) is 0 Å². The largest absolute Gasteiger partial charge is 0.524 e. The molecular weight excluding hydrogens is 190 g/mol. The maximum Gasteiger partial charge on any atom is 0.524 e. The lowest BCUT2D eigenvalue weighted by atomic mass is 10.4. The average molecular weight is 198 g/mol. The second kappa shape index (κ2) is 3.96. The van der Waals surface area contributed by atoms with Crippen LogP contribution in [0.1, 0.15) is 22.3 Å². The molecule has 1 heterocycles. The zero-order valence-electron chi connectivity index (χ0n) is 7.27. The van der Waals surface area contributed by atoms with Gasteiger partial charge in [0.15, 0.2) is 0 Å². The van der Waals surface area contributed by atoms with Gasteiger partial charge in [-0.15, -0.1) is 0 Å².